The van der Waals surface area contributed by atoms with Gasteiger partial charge < -0.3 is 19.6 Å². The molecule has 0 aliphatic carbocycles. The van der Waals surface area contributed by atoms with Crippen molar-refractivity contribution in [1.29, 1.82) is 0 Å². The van der Waals surface area contributed by atoms with E-state index in [1.807, 2.05) is 0 Å². The van der Waals surface area contributed by atoms with Gasteiger partial charge in [0.05, 0.1) is 18.8 Å². The standard InChI is InChI=1S/C14H18N2O4/c1-15(14(19)16-6-8-20-9-7-16)10-11-2-4-12(5-3-11)13(17)18/h2-5H,6-10H2,1H3,(H,17,18). The zero-order chi connectivity index (χ0) is 14.5. The summed E-state index contributed by atoms with van der Waals surface area (Å²) >= 11 is 0. The van der Waals surface area contributed by atoms with Crippen molar-refractivity contribution < 1.29 is 19.4 Å². The van der Waals surface area contributed by atoms with E-state index in [0.29, 0.717) is 32.8 Å². The highest BCUT2D eigenvalue weighted by molar-refractivity contribution is 5.87. The summed E-state index contributed by atoms with van der Waals surface area (Å²) < 4.78 is 5.22. The van der Waals surface area contributed by atoms with E-state index < -0.39 is 5.97 Å². The number of carboxylic acid groups (broad SMARTS) is 1. The molecule has 1 N–H and O–H groups in total. The fraction of sp³-hybridized carbons (Fsp3) is 0.429. The Morgan fingerprint density at radius 1 is 1.25 bits per heavy atom. The number of hydrogen-bond donors (Lipinski definition) is 1. The van der Waals surface area contributed by atoms with E-state index in [0.717, 1.165) is 5.56 Å². The SMILES string of the molecule is CN(Cc1ccc(C(=O)O)cc1)C(=O)N1CCOCC1. The largest absolute Gasteiger partial charge is 0.478 e. The first-order valence-corrected chi connectivity index (χ1v) is 6.48. The van der Waals surface area contributed by atoms with Crippen LogP contribution in [0.3, 0.4) is 0 Å². The molecule has 0 spiro atoms. The molecule has 0 bridgehead atoms. The van der Waals surface area contributed by atoms with Gasteiger partial charge in [0.25, 0.3) is 0 Å². The predicted octanol–water partition coefficient (Wildman–Crippen LogP) is 1.27. The quantitative estimate of drug-likeness (QED) is 0.904. The topological polar surface area (TPSA) is 70.1 Å². The minimum Gasteiger partial charge on any atom is -0.478 e. The van der Waals surface area contributed by atoms with Crippen LogP contribution in [-0.2, 0) is 11.3 Å². The molecule has 0 saturated carbocycles. The second-order valence-electron chi connectivity index (χ2n) is 4.74. The van der Waals surface area contributed by atoms with Gasteiger partial charge in [-0.05, 0) is 17.7 Å². The average Bonchev–Trinajstić information content (AvgIpc) is 2.48. The van der Waals surface area contributed by atoms with Crippen LogP contribution in [0.15, 0.2) is 24.3 Å². The Balaban J connectivity index is 1.94. The van der Waals surface area contributed by atoms with Crippen molar-refractivity contribution in [2.75, 3.05) is 33.4 Å². The summed E-state index contributed by atoms with van der Waals surface area (Å²) in [6, 6.07) is 6.52. The summed E-state index contributed by atoms with van der Waals surface area (Å²) in [6.07, 6.45) is 0. The fourth-order valence-corrected chi connectivity index (χ4v) is 2.09. The molecule has 1 aromatic carbocycles. The second-order valence-corrected chi connectivity index (χ2v) is 4.74. The number of carbonyl (C=O) groups is 2. The summed E-state index contributed by atoms with van der Waals surface area (Å²) in [6.45, 7) is 2.83. The highest BCUT2D eigenvalue weighted by atomic mass is 16.5. The van der Waals surface area contributed by atoms with Gasteiger partial charge >= 0.3 is 12.0 Å². The Morgan fingerprint density at radius 3 is 2.40 bits per heavy atom. The molecule has 0 atom stereocenters. The van der Waals surface area contributed by atoms with Gasteiger partial charge in [0.1, 0.15) is 0 Å². The summed E-state index contributed by atoms with van der Waals surface area (Å²) in [5, 5.41) is 8.83. The molecular weight excluding hydrogens is 260 g/mol. The predicted molar refractivity (Wildman–Crippen MR) is 72.7 cm³/mol. The van der Waals surface area contributed by atoms with Crippen molar-refractivity contribution in [3.8, 4) is 0 Å². The Labute approximate surface area is 117 Å². The highest BCUT2D eigenvalue weighted by Gasteiger charge is 2.20. The van der Waals surface area contributed by atoms with Crippen LogP contribution >= 0.6 is 0 Å². The number of rotatable bonds is 3. The van der Waals surface area contributed by atoms with Gasteiger partial charge in [-0.15, -0.1) is 0 Å². The molecule has 0 radical (unpaired) electrons. The molecule has 108 valence electrons. The molecule has 1 aromatic rings. The van der Waals surface area contributed by atoms with Gasteiger partial charge in [0.15, 0.2) is 0 Å². The minimum absolute atomic E-state index is 0.0318. The first-order valence-electron chi connectivity index (χ1n) is 6.48. The number of carboxylic acids is 1. The van der Waals surface area contributed by atoms with Crippen LogP contribution in [0.1, 0.15) is 15.9 Å². The van der Waals surface area contributed by atoms with Crippen molar-refractivity contribution >= 4 is 12.0 Å². The molecule has 0 aromatic heterocycles. The average molecular weight is 278 g/mol. The summed E-state index contributed by atoms with van der Waals surface area (Å²) in [5.41, 5.74) is 1.15. The maximum atomic E-state index is 12.2. The van der Waals surface area contributed by atoms with Crippen LogP contribution < -0.4 is 0 Å². The third-order valence-electron chi connectivity index (χ3n) is 3.23. The maximum absolute atomic E-state index is 12.2. The van der Waals surface area contributed by atoms with Crippen LogP contribution in [0, 0.1) is 0 Å². The lowest BCUT2D eigenvalue weighted by atomic mass is 10.1. The number of urea groups is 1. The zero-order valence-corrected chi connectivity index (χ0v) is 11.4. The van der Waals surface area contributed by atoms with E-state index in [9.17, 15) is 9.59 Å². The number of ether oxygens (including phenoxy) is 1. The number of nitrogens with zero attached hydrogens (tertiary/aromatic N) is 2. The first-order chi connectivity index (χ1) is 9.58. The Kier molecular flexibility index (Phi) is 4.57. The summed E-state index contributed by atoms with van der Waals surface area (Å²) in [7, 11) is 1.74. The van der Waals surface area contributed by atoms with Gasteiger partial charge in [-0.25, -0.2) is 9.59 Å². The molecular formula is C14H18N2O4. The van der Waals surface area contributed by atoms with Crippen molar-refractivity contribution in [3.05, 3.63) is 35.4 Å². The molecule has 1 saturated heterocycles. The first kappa shape index (κ1) is 14.3. The zero-order valence-electron chi connectivity index (χ0n) is 11.4. The number of carbonyl (C=O) groups excluding carboxylic acids is 1. The third kappa shape index (κ3) is 3.48. The molecule has 1 heterocycles. The van der Waals surface area contributed by atoms with Gasteiger partial charge in [-0.2, -0.15) is 0 Å². The highest BCUT2D eigenvalue weighted by Crippen LogP contribution is 2.09. The smallest absolute Gasteiger partial charge is 0.335 e. The summed E-state index contributed by atoms with van der Waals surface area (Å²) in [5.74, 6) is -0.950. The van der Waals surface area contributed by atoms with E-state index in [1.165, 1.54) is 0 Å². The van der Waals surface area contributed by atoms with Crippen LogP contribution in [0.5, 0.6) is 0 Å². The normalized spacial score (nSPS) is 14.9. The molecule has 2 rings (SSSR count). The van der Waals surface area contributed by atoms with Crippen molar-refractivity contribution in [2.24, 2.45) is 0 Å². The Hall–Kier alpha value is -2.08. The number of aromatic carboxylic acids is 1. The number of morpholine rings is 1. The molecule has 1 fully saturated rings. The Bertz CT molecular complexity index is 480. The van der Waals surface area contributed by atoms with Gasteiger partial charge in [-0.3, -0.25) is 0 Å². The summed E-state index contributed by atoms with van der Waals surface area (Å²) in [4.78, 5) is 26.3. The van der Waals surface area contributed by atoms with Gasteiger partial charge in [-0.1, -0.05) is 12.1 Å². The van der Waals surface area contributed by atoms with Crippen LogP contribution in [0.4, 0.5) is 4.79 Å². The Morgan fingerprint density at radius 2 is 1.85 bits per heavy atom. The lowest BCUT2D eigenvalue weighted by Gasteiger charge is -2.31. The molecule has 6 heteroatoms. The van der Waals surface area contributed by atoms with Crippen LogP contribution in [-0.4, -0.2) is 60.3 Å². The van der Waals surface area contributed by atoms with E-state index in [-0.39, 0.29) is 11.6 Å². The molecule has 2 amide bonds. The van der Waals surface area contributed by atoms with Gasteiger partial charge in [0.2, 0.25) is 0 Å². The van der Waals surface area contributed by atoms with E-state index >= 15 is 0 Å². The second kappa shape index (κ2) is 6.38. The molecule has 1 aliphatic heterocycles. The lowest BCUT2D eigenvalue weighted by molar-refractivity contribution is 0.0448. The van der Waals surface area contributed by atoms with E-state index in [1.54, 1.807) is 41.1 Å². The van der Waals surface area contributed by atoms with Crippen LogP contribution in [0.2, 0.25) is 0 Å². The van der Waals surface area contributed by atoms with Gasteiger partial charge in [0, 0.05) is 26.7 Å². The number of amides is 2. The lowest BCUT2D eigenvalue weighted by Crippen LogP contribution is -2.46. The van der Waals surface area contributed by atoms with Crippen molar-refractivity contribution in [3.63, 3.8) is 0 Å². The van der Waals surface area contributed by atoms with Crippen LogP contribution in [0.25, 0.3) is 0 Å². The number of hydrogen-bond acceptors (Lipinski definition) is 3. The molecule has 0 unspecified atom stereocenters. The number of benzene rings is 1. The van der Waals surface area contributed by atoms with E-state index in [2.05, 4.69) is 0 Å². The van der Waals surface area contributed by atoms with E-state index in [4.69, 9.17) is 9.84 Å². The minimum atomic E-state index is -0.950. The third-order valence-corrected chi connectivity index (χ3v) is 3.23. The molecule has 1 aliphatic rings. The van der Waals surface area contributed by atoms with Crippen molar-refractivity contribution in [1.82, 2.24) is 9.80 Å². The molecule has 20 heavy (non-hydrogen) atoms. The fourth-order valence-electron chi connectivity index (χ4n) is 2.09. The van der Waals surface area contributed by atoms with Crippen molar-refractivity contribution in [2.45, 2.75) is 6.54 Å². The maximum Gasteiger partial charge on any atom is 0.335 e. The monoisotopic (exact) mass is 278 g/mol. The molecule has 6 nitrogen and oxygen atoms in total.